The summed E-state index contributed by atoms with van der Waals surface area (Å²) in [6.07, 6.45) is 2.86. The molecule has 0 saturated heterocycles. The van der Waals surface area contributed by atoms with Gasteiger partial charge in [-0.15, -0.1) is 0 Å². The molecule has 1 heterocycles. The number of esters is 1. The molecule has 0 aromatic rings. The molecule has 0 saturated carbocycles. The van der Waals surface area contributed by atoms with Gasteiger partial charge in [0.05, 0.1) is 0 Å². The highest BCUT2D eigenvalue weighted by atomic mass is 16.5. The first kappa shape index (κ1) is 5.31. The Balaban J connectivity index is 2.46. The highest BCUT2D eigenvalue weighted by Crippen LogP contribution is 2.01. The molecule has 1 atom stereocenters. The predicted octanol–water partition coefficient (Wildman–Crippen LogP) is -0.573. The van der Waals surface area contributed by atoms with Crippen molar-refractivity contribution in [3.63, 3.8) is 0 Å². The molecule has 1 rings (SSSR count). The number of hydrogen-bond donors (Lipinski definition) is 1. The quantitative estimate of drug-likeness (QED) is 0.463. The van der Waals surface area contributed by atoms with E-state index in [0.29, 0.717) is 6.54 Å². The summed E-state index contributed by atoms with van der Waals surface area (Å²) in [6.45, 7) is 0.377. The fourth-order valence-electron chi connectivity index (χ4n) is 0.540. The maximum absolute atomic E-state index is 10.2. The van der Waals surface area contributed by atoms with Crippen LogP contribution in [0, 0.1) is 0 Å². The van der Waals surface area contributed by atoms with Gasteiger partial charge in [-0.3, -0.25) is 0 Å². The first-order valence-corrected chi connectivity index (χ1v) is 2.42. The van der Waals surface area contributed by atoms with Gasteiger partial charge in [0.25, 0.3) is 0 Å². The van der Waals surface area contributed by atoms with E-state index in [-0.39, 0.29) is 12.1 Å². The number of ether oxygens (including phenoxy) is 1. The Morgan fingerprint density at radius 3 is 2.88 bits per heavy atom. The molecule has 8 heavy (non-hydrogen) atoms. The molecule has 0 fully saturated rings. The molecule has 0 amide bonds. The number of cyclic esters (lactones) is 1. The summed E-state index contributed by atoms with van der Waals surface area (Å²) in [4.78, 5) is 10.2. The fourth-order valence-corrected chi connectivity index (χ4v) is 0.540. The predicted molar refractivity (Wildman–Crippen MR) is 28.1 cm³/mol. The van der Waals surface area contributed by atoms with Crippen molar-refractivity contribution in [2.75, 3.05) is 6.54 Å². The van der Waals surface area contributed by atoms with Crippen LogP contribution in [0.4, 0.5) is 0 Å². The summed E-state index contributed by atoms with van der Waals surface area (Å²) in [6, 6.07) is 0. The van der Waals surface area contributed by atoms with Gasteiger partial charge in [-0.1, -0.05) is 0 Å². The Morgan fingerprint density at radius 1 is 1.88 bits per heavy atom. The van der Waals surface area contributed by atoms with Gasteiger partial charge in [-0.2, -0.15) is 0 Å². The third kappa shape index (κ3) is 0.869. The van der Waals surface area contributed by atoms with Gasteiger partial charge in [-0.05, 0) is 6.08 Å². The number of carbonyl (C=O) groups excluding carboxylic acids is 1. The van der Waals surface area contributed by atoms with Crippen LogP contribution in [-0.4, -0.2) is 18.6 Å². The van der Waals surface area contributed by atoms with Crippen LogP contribution < -0.4 is 5.73 Å². The minimum absolute atomic E-state index is 0.178. The smallest absolute Gasteiger partial charge is 0.331 e. The van der Waals surface area contributed by atoms with E-state index in [0.717, 1.165) is 0 Å². The Labute approximate surface area is 47.1 Å². The molecule has 0 aliphatic carbocycles. The zero-order chi connectivity index (χ0) is 5.98. The van der Waals surface area contributed by atoms with E-state index >= 15 is 0 Å². The van der Waals surface area contributed by atoms with E-state index in [1.54, 1.807) is 6.08 Å². The topological polar surface area (TPSA) is 52.3 Å². The third-order valence-electron chi connectivity index (χ3n) is 0.947. The summed E-state index contributed by atoms with van der Waals surface area (Å²) < 4.78 is 4.64. The average molecular weight is 113 g/mol. The zero-order valence-electron chi connectivity index (χ0n) is 4.33. The molecule has 0 spiro atoms. The second kappa shape index (κ2) is 1.96. The molecule has 1 unspecified atom stereocenters. The normalized spacial score (nSPS) is 26.1. The summed E-state index contributed by atoms with van der Waals surface area (Å²) in [7, 11) is 0. The van der Waals surface area contributed by atoms with Crippen LogP contribution in [0.2, 0.25) is 0 Å². The van der Waals surface area contributed by atoms with Gasteiger partial charge in [0.1, 0.15) is 6.10 Å². The summed E-state index contributed by atoms with van der Waals surface area (Å²) in [5.41, 5.74) is 5.17. The monoisotopic (exact) mass is 113 g/mol. The molecule has 44 valence electrons. The molecule has 0 aromatic heterocycles. The minimum atomic E-state index is -0.291. The van der Waals surface area contributed by atoms with Gasteiger partial charge in [0, 0.05) is 12.6 Å². The molecule has 0 bridgehead atoms. The second-order valence-corrected chi connectivity index (χ2v) is 1.57. The Bertz CT molecular complexity index is 130. The highest BCUT2D eigenvalue weighted by Gasteiger charge is 2.13. The Morgan fingerprint density at radius 2 is 2.62 bits per heavy atom. The third-order valence-corrected chi connectivity index (χ3v) is 0.947. The minimum Gasteiger partial charge on any atom is -0.454 e. The first-order chi connectivity index (χ1) is 3.83. The van der Waals surface area contributed by atoms with E-state index in [4.69, 9.17) is 5.73 Å². The molecular weight excluding hydrogens is 106 g/mol. The number of hydrogen-bond acceptors (Lipinski definition) is 3. The number of carbonyl (C=O) groups is 1. The van der Waals surface area contributed by atoms with Gasteiger partial charge >= 0.3 is 5.97 Å². The molecular formula is C5H7NO2. The van der Waals surface area contributed by atoms with Crippen molar-refractivity contribution in [1.82, 2.24) is 0 Å². The van der Waals surface area contributed by atoms with Crippen molar-refractivity contribution in [2.45, 2.75) is 6.10 Å². The van der Waals surface area contributed by atoms with E-state index in [1.165, 1.54) is 6.08 Å². The van der Waals surface area contributed by atoms with Gasteiger partial charge < -0.3 is 10.5 Å². The lowest BCUT2D eigenvalue weighted by atomic mass is 10.4. The van der Waals surface area contributed by atoms with Crippen molar-refractivity contribution < 1.29 is 9.53 Å². The van der Waals surface area contributed by atoms with Crippen molar-refractivity contribution in [3.05, 3.63) is 12.2 Å². The maximum Gasteiger partial charge on any atom is 0.331 e. The molecule has 3 heteroatoms. The summed E-state index contributed by atoms with van der Waals surface area (Å²) in [5, 5.41) is 0. The van der Waals surface area contributed by atoms with Crippen molar-refractivity contribution >= 4 is 5.97 Å². The summed E-state index contributed by atoms with van der Waals surface area (Å²) >= 11 is 0. The Hall–Kier alpha value is -0.830. The number of nitrogens with two attached hydrogens (primary N) is 1. The van der Waals surface area contributed by atoms with Crippen LogP contribution in [0.15, 0.2) is 12.2 Å². The van der Waals surface area contributed by atoms with Crippen LogP contribution in [0.5, 0.6) is 0 Å². The molecule has 0 aromatic carbocycles. The lowest BCUT2D eigenvalue weighted by Gasteiger charge is -2.01. The van der Waals surface area contributed by atoms with E-state index < -0.39 is 0 Å². The van der Waals surface area contributed by atoms with Gasteiger partial charge in [-0.25, -0.2) is 4.79 Å². The Kier molecular flexibility index (Phi) is 1.30. The second-order valence-electron chi connectivity index (χ2n) is 1.57. The lowest BCUT2D eigenvalue weighted by Crippen LogP contribution is -2.19. The number of rotatable bonds is 1. The van der Waals surface area contributed by atoms with Crippen molar-refractivity contribution in [1.29, 1.82) is 0 Å². The molecule has 0 radical (unpaired) electrons. The largest absolute Gasteiger partial charge is 0.454 e. The highest BCUT2D eigenvalue weighted by molar-refractivity contribution is 5.84. The van der Waals surface area contributed by atoms with Gasteiger partial charge in [0.15, 0.2) is 0 Å². The van der Waals surface area contributed by atoms with Crippen LogP contribution >= 0.6 is 0 Å². The van der Waals surface area contributed by atoms with Crippen LogP contribution in [0.3, 0.4) is 0 Å². The van der Waals surface area contributed by atoms with E-state index in [2.05, 4.69) is 4.74 Å². The van der Waals surface area contributed by atoms with Crippen molar-refractivity contribution in [3.8, 4) is 0 Å². The van der Waals surface area contributed by atoms with Crippen LogP contribution in [-0.2, 0) is 9.53 Å². The molecule has 2 N–H and O–H groups in total. The molecule has 1 aliphatic rings. The van der Waals surface area contributed by atoms with Gasteiger partial charge in [0.2, 0.25) is 0 Å². The van der Waals surface area contributed by atoms with E-state index in [9.17, 15) is 4.79 Å². The zero-order valence-corrected chi connectivity index (χ0v) is 4.33. The fraction of sp³-hybridized carbons (Fsp3) is 0.400. The maximum atomic E-state index is 10.2. The SMILES string of the molecule is NCC1C=CC(=O)O1. The first-order valence-electron chi connectivity index (χ1n) is 2.42. The van der Waals surface area contributed by atoms with Crippen LogP contribution in [0.25, 0.3) is 0 Å². The molecule has 1 aliphatic heterocycles. The lowest BCUT2D eigenvalue weighted by molar-refractivity contribution is -0.138. The van der Waals surface area contributed by atoms with Crippen LogP contribution in [0.1, 0.15) is 0 Å². The standard InChI is InChI=1S/C5H7NO2/c6-3-4-1-2-5(7)8-4/h1-2,4H,3,6H2. The average Bonchev–Trinajstić information content (AvgIpc) is 2.14. The molecule has 3 nitrogen and oxygen atoms in total. The van der Waals surface area contributed by atoms with E-state index in [1.807, 2.05) is 0 Å². The summed E-state index contributed by atoms with van der Waals surface area (Å²) in [5.74, 6) is -0.291. The van der Waals surface area contributed by atoms with Crippen molar-refractivity contribution in [2.24, 2.45) is 5.73 Å².